The molecule has 1 aromatic rings. The predicted octanol–water partition coefficient (Wildman–Crippen LogP) is 2.69. The Labute approximate surface area is 149 Å². The number of hydrogen-bond donors (Lipinski definition) is 2. The molecule has 1 aromatic carbocycles. The molecule has 2 aliphatic rings. The SMILES string of the molecule is C[C@@H]1CC2OC2C=CC=CC(=O)Cc2c(Cl)c(O)cc(O)c2C(=O)O1. The third kappa shape index (κ3) is 3.86. The molecule has 0 bridgehead atoms. The number of ether oxygens (including phenoxy) is 2. The highest BCUT2D eigenvalue weighted by Gasteiger charge is 2.38. The van der Waals surface area contributed by atoms with Crippen molar-refractivity contribution in [3.63, 3.8) is 0 Å². The summed E-state index contributed by atoms with van der Waals surface area (Å²) < 4.78 is 10.8. The maximum absolute atomic E-state index is 12.5. The Morgan fingerprint density at radius 2 is 1.96 bits per heavy atom. The first-order valence-corrected chi connectivity index (χ1v) is 8.22. The lowest BCUT2D eigenvalue weighted by atomic mass is 10.00. The highest BCUT2D eigenvalue weighted by Crippen LogP contribution is 2.37. The van der Waals surface area contributed by atoms with E-state index in [1.54, 1.807) is 19.1 Å². The van der Waals surface area contributed by atoms with Gasteiger partial charge in [0, 0.05) is 24.5 Å². The molecule has 2 unspecified atom stereocenters. The number of ketones is 1. The van der Waals surface area contributed by atoms with Gasteiger partial charge in [0.1, 0.15) is 29.3 Å². The van der Waals surface area contributed by atoms with E-state index < -0.39 is 23.6 Å². The second-order valence-corrected chi connectivity index (χ2v) is 6.44. The summed E-state index contributed by atoms with van der Waals surface area (Å²) in [4.78, 5) is 24.6. The number of phenolic OH excluding ortho intramolecular Hbond substituents is 2. The van der Waals surface area contributed by atoms with E-state index in [0.717, 1.165) is 6.07 Å². The van der Waals surface area contributed by atoms with Crippen molar-refractivity contribution in [1.82, 2.24) is 0 Å². The summed E-state index contributed by atoms with van der Waals surface area (Å²) in [5, 5.41) is 19.7. The molecule has 0 radical (unpaired) electrons. The summed E-state index contributed by atoms with van der Waals surface area (Å²) in [6, 6.07) is 0.958. The molecule has 2 N–H and O–H groups in total. The number of hydrogen-bond acceptors (Lipinski definition) is 6. The lowest BCUT2D eigenvalue weighted by molar-refractivity contribution is -0.114. The van der Waals surface area contributed by atoms with Gasteiger partial charge in [0.25, 0.3) is 0 Å². The number of aromatic hydroxyl groups is 2. The first-order valence-electron chi connectivity index (χ1n) is 7.84. The number of phenols is 2. The molecular formula is C18H17ClO6. The smallest absolute Gasteiger partial charge is 0.342 e. The van der Waals surface area contributed by atoms with Crippen LogP contribution >= 0.6 is 11.6 Å². The molecule has 0 spiro atoms. The third-order valence-electron chi connectivity index (χ3n) is 4.06. The zero-order valence-electron chi connectivity index (χ0n) is 13.4. The van der Waals surface area contributed by atoms with Crippen LogP contribution in [0.4, 0.5) is 0 Å². The van der Waals surface area contributed by atoms with Crippen LogP contribution in [0.3, 0.4) is 0 Å². The summed E-state index contributed by atoms with van der Waals surface area (Å²) >= 11 is 6.05. The molecule has 0 aliphatic carbocycles. The number of carbonyl (C=O) groups excluding carboxylic acids is 2. The third-order valence-corrected chi connectivity index (χ3v) is 4.49. The van der Waals surface area contributed by atoms with Gasteiger partial charge in [0.15, 0.2) is 5.78 Å². The molecule has 1 fully saturated rings. The Hall–Kier alpha value is -2.31. The van der Waals surface area contributed by atoms with E-state index in [0.29, 0.717) is 6.42 Å². The minimum absolute atomic E-state index is 0.0348. The van der Waals surface area contributed by atoms with Crippen LogP contribution in [0.15, 0.2) is 30.4 Å². The van der Waals surface area contributed by atoms with E-state index in [2.05, 4.69) is 0 Å². The lowest BCUT2D eigenvalue weighted by Gasteiger charge is -2.16. The van der Waals surface area contributed by atoms with Crippen molar-refractivity contribution in [3.8, 4) is 11.5 Å². The minimum atomic E-state index is -0.802. The number of cyclic esters (lactones) is 1. The number of carbonyl (C=O) groups is 2. The number of rotatable bonds is 0. The fourth-order valence-electron chi connectivity index (χ4n) is 2.78. The van der Waals surface area contributed by atoms with Gasteiger partial charge >= 0.3 is 5.97 Å². The van der Waals surface area contributed by atoms with Gasteiger partial charge in [0.2, 0.25) is 0 Å². The van der Waals surface area contributed by atoms with E-state index in [1.807, 2.05) is 6.08 Å². The zero-order valence-corrected chi connectivity index (χ0v) is 14.2. The molecule has 132 valence electrons. The van der Waals surface area contributed by atoms with E-state index in [-0.39, 0.29) is 40.6 Å². The summed E-state index contributed by atoms with van der Waals surface area (Å²) in [7, 11) is 0. The fourth-order valence-corrected chi connectivity index (χ4v) is 3.00. The standard InChI is InChI=1S/C18H17ClO6/c1-9-6-15-14(25-15)5-3-2-4-10(20)7-11-16(18(23)24-9)12(21)8-13(22)17(11)19/h2-5,8-9,14-15,21-22H,6-7H2,1H3/t9-,14?,15?/m1/s1. The van der Waals surface area contributed by atoms with Gasteiger partial charge in [-0.15, -0.1) is 0 Å². The number of allylic oxidation sites excluding steroid dienone is 3. The van der Waals surface area contributed by atoms with Gasteiger partial charge in [-0.05, 0) is 13.0 Å². The summed E-state index contributed by atoms with van der Waals surface area (Å²) in [5.41, 5.74) is -0.176. The van der Waals surface area contributed by atoms with E-state index in [1.165, 1.54) is 6.08 Å². The van der Waals surface area contributed by atoms with Crippen molar-refractivity contribution in [2.75, 3.05) is 0 Å². The number of epoxide rings is 1. The van der Waals surface area contributed by atoms with Gasteiger partial charge in [0.05, 0.1) is 11.1 Å². The first-order chi connectivity index (χ1) is 11.9. The molecule has 1 saturated heterocycles. The maximum Gasteiger partial charge on any atom is 0.342 e. The first kappa shape index (κ1) is 17.5. The van der Waals surface area contributed by atoms with Crippen molar-refractivity contribution in [1.29, 1.82) is 0 Å². The quantitative estimate of drug-likeness (QED) is 0.542. The van der Waals surface area contributed by atoms with Gasteiger partial charge in [-0.1, -0.05) is 29.8 Å². The van der Waals surface area contributed by atoms with Gasteiger partial charge in [-0.3, -0.25) is 4.79 Å². The van der Waals surface area contributed by atoms with Crippen LogP contribution in [0.1, 0.15) is 29.3 Å². The minimum Gasteiger partial charge on any atom is -0.507 e. The number of fused-ring (bicyclic) bond motifs is 2. The Morgan fingerprint density at radius 3 is 2.72 bits per heavy atom. The topological polar surface area (TPSA) is 96.4 Å². The van der Waals surface area contributed by atoms with Crippen molar-refractivity contribution in [2.24, 2.45) is 0 Å². The molecule has 0 aromatic heterocycles. The molecule has 2 aliphatic heterocycles. The van der Waals surface area contributed by atoms with Crippen molar-refractivity contribution in [2.45, 2.75) is 38.1 Å². The number of halogens is 1. The molecule has 6 nitrogen and oxygen atoms in total. The second kappa shape index (κ2) is 6.90. The fraction of sp³-hybridized carbons (Fsp3) is 0.333. The monoisotopic (exact) mass is 364 g/mol. The average molecular weight is 365 g/mol. The van der Waals surface area contributed by atoms with Gasteiger partial charge in [-0.2, -0.15) is 0 Å². The molecule has 3 atom stereocenters. The van der Waals surface area contributed by atoms with E-state index in [4.69, 9.17) is 21.1 Å². The van der Waals surface area contributed by atoms with Gasteiger partial charge < -0.3 is 19.7 Å². The summed E-state index contributed by atoms with van der Waals surface area (Å²) in [5.74, 6) is -2.04. The maximum atomic E-state index is 12.5. The Bertz CT molecular complexity index is 782. The van der Waals surface area contributed by atoms with E-state index >= 15 is 0 Å². The summed E-state index contributed by atoms with van der Waals surface area (Å²) in [6.45, 7) is 1.72. The highest BCUT2D eigenvalue weighted by molar-refractivity contribution is 6.33. The molecule has 25 heavy (non-hydrogen) atoms. The van der Waals surface area contributed by atoms with Crippen LogP contribution in [0, 0.1) is 0 Å². The molecule has 3 rings (SSSR count). The van der Waals surface area contributed by atoms with Crippen molar-refractivity contribution in [3.05, 3.63) is 46.5 Å². The van der Waals surface area contributed by atoms with Gasteiger partial charge in [-0.25, -0.2) is 4.79 Å². The van der Waals surface area contributed by atoms with Crippen LogP contribution < -0.4 is 0 Å². The average Bonchev–Trinajstić information content (AvgIpc) is 3.25. The highest BCUT2D eigenvalue weighted by atomic mass is 35.5. The van der Waals surface area contributed by atoms with Crippen LogP contribution in [-0.4, -0.2) is 40.3 Å². The van der Waals surface area contributed by atoms with Crippen molar-refractivity contribution >= 4 is 23.4 Å². The lowest BCUT2D eigenvalue weighted by Crippen LogP contribution is -2.19. The molecule has 0 saturated carbocycles. The Balaban J connectivity index is 2.01. The molecule has 2 heterocycles. The van der Waals surface area contributed by atoms with Crippen molar-refractivity contribution < 1.29 is 29.3 Å². The molecule has 0 amide bonds. The second-order valence-electron chi connectivity index (χ2n) is 6.06. The Kier molecular flexibility index (Phi) is 4.83. The predicted molar refractivity (Wildman–Crippen MR) is 89.9 cm³/mol. The Morgan fingerprint density at radius 1 is 1.20 bits per heavy atom. The van der Waals surface area contributed by atoms with Crippen LogP contribution in [0.25, 0.3) is 0 Å². The van der Waals surface area contributed by atoms with Crippen LogP contribution in [-0.2, 0) is 20.7 Å². The number of benzene rings is 1. The van der Waals surface area contributed by atoms with Crippen LogP contribution in [0.5, 0.6) is 11.5 Å². The van der Waals surface area contributed by atoms with Crippen LogP contribution in [0.2, 0.25) is 5.02 Å². The number of esters is 1. The largest absolute Gasteiger partial charge is 0.507 e. The van der Waals surface area contributed by atoms with E-state index in [9.17, 15) is 19.8 Å². The molecule has 7 heteroatoms. The summed E-state index contributed by atoms with van der Waals surface area (Å²) in [6.07, 6.45) is 6.13. The molecular weight excluding hydrogens is 348 g/mol. The zero-order chi connectivity index (χ0) is 18.1. The normalized spacial score (nSPS) is 26.4.